The molecule has 4 aromatic rings. The fourth-order valence-electron chi connectivity index (χ4n) is 6.83. The molecule has 0 N–H and O–H groups in total. The quantitative estimate of drug-likeness (QED) is 0.296. The van der Waals surface area contributed by atoms with Gasteiger partial charge in [-0.15, -0.1) is 0 Å². The maximum atomic E-state index is 2.51. The van der Waals surface area contributed by atoms with E-state index < -0.39 is 0 Å². The molecule has 0 aromatic heterocycles. The van der Waals surface area contributed by atoms with Crippen LogP contribution in [0.25, 0.3) is 0 Å². The highest BCUT2D eigenvalue weighted by molar-refractivity contribution is 6.99. The molecule has 0 radical (unpaired) electrons. The molecule has 2 aliphatic rings. The lowest BCUT2D eigenvalue weighted by Gasteiger charge is -2.48. The van der Waals surface area contributed by atoms with Crippen molar-refractivity contribution in [1.29, 1.82) is 0 Å². The first kappa shape index (κ1) is 21.3. The molecule has 168 valence electrons. The molecular formula is C32H32BN. The first-order chi connectivity index (χ1) is 16.5. The maximum absolute atomic E-state index is 2.51. The summed E-state index contributed by atoms with van der Waals surface area (Å²) in [6, 6.07) is 30.0. The molecule has 0 spiro atoms. The Morgan fingerprint density at radius 3 is 2.12 bits per heavy atom. The second kappa shape index (κ2) is 7.63. The first-order valence-electron chi connectivity index (χ1n) is 12.7. The van der Waals surface area contributed by atoms with E-state index in [2.05, 4.69) is 118 Å². The van der Waals surface area contributed by atoms with E-state index >= 15 is 0 Å². The van der Waals surface area contributed by atoms with Gasteiger partial charge in [0.1, 0.15) is 0 Å². The highest BCUT2D eigenvalue weighted by Gasteiger charge is 2.48. The molecule has 0 amide bonds. The molecular weight excluding hydrogens is 409 g/mol. The monoisotopic (exact) mass is 441 g/mol. The summed E-state index contributed by atoms with van der Waals surface area (Å²) in [5.74, 6) is 0. The Labute approximate surface area is 204 Å². The van der Waals surface area contributed by atoms with Gasteiger partial charge in [0.15, 0.2) is 0 Å². The zero-order valence-corrected chi connectivity index (χ0v) is 20.9. The van der Waals surface area contributed by atoms with E-state index in [1.807, 2.05) is 0 Å². The summed E-state index contributed by atoms with van der Waals surface area (Å²) in [7, 11) is 0. The van der Waals surface area contributed by atoms with Crippen molar-refractivity contribution in [2.75, 3.05) is 4.90 Å². The van der Waals surface area contributed by atoms with Gasteiger partial charge in [0.2, 0.25) is 6.71 Å². The summed E-state index contributed by atoms with van der Waals surface area (Å²) in [6.45, 7) is 11.7. The number of aryl methyl sites for hydroxylation is 3. The van der Waals surface area contributed by atoms with Crippen LogP contribution in [0.4, 0.5) is 17.1 Å². The van der Waals surface area contributed by atoms with Crippen LogP contribution in [0.1, 0.15) is 54.5 Å². The van der Waals surface area contributed by atoms with Crippen LogP contribution >= 0.6 is 0 Å². The first-order valence-corrected chi connectivity index (χ1v) is 12.7. The minimum absolute atomic E-state index is 0.0444. The maximum Gasteiger partial charge on any atom is 0.247 e. The van der Waals surface area contributed by atoms with Crippen LogP contribution in [-0.4, -0.2) is 6.71 Å². The van der Waals surface area contributed by atoms with Gasteiger partial charge in [0.05, 0.1) is 0 Å². The molecule has 4 aromatic carbocycles. The van der Waals surface area contributed by atoms with Crippen LogP contribution in [0.3, 0.4) is 0 Å². The smallest absolute Gasteiger partial charge is 0.247 e. The van der Waals surface area contributed by atoms with Crippen molar-refractivity contribution in [1.82, 2.24) is 0 Å². The summed E-state index contributed by atoms with van der Waals surface area (Å²) in [5.41, 5.74) is 15.5. The van der Waals surface area contributed by atoms with Crippen molar-refractivity contribution < 1.29 is 0 Å². The SMILES string of the molecule is CCC1(CC)c2ccccc2B2c3cc(C)ccc3N(c3ccc(C)cc3)c3ccc(C)c1c32. The van der Waals surface area contributed by atoms with Crippen LogP contribution in [0.2, 0.25) is 0 Å². The van der Waals surface area contributed by atoms with E-state index in [1.165, 1.54) is 55.7 Å². The number of fused-ring (bicyclic) bond motifs is 4. The molecule has 0 saturated heterocycles. The molecule has 0 unspecified atom stereocenters. The second-order valence-corrected chi connectivity index (χ2v) is 10.2. The van der Waals surface area contributed by atoms with Crippen LogP contribution in [0.5, 0.6) is 0 Å². The number of anilines is 3. The van der Waals surface area contributed by atoms with Crippen LogP contribution < -0.4 is 21.3 Å². The Kier molecular flexibility index (Phi) is 4.78. The van der Waals surface area contributed by atoms with E-state index in [1.54, 1.807) is 5.56 Å². The van der Waals surface area contributed by atoms with Crippen LogP contribution in [0.15, 0.2) is 78.9 Å². The van der Waals surface area contributed by atoms with Crippen LogP contribution in [0, 0.1) is 20.8 Å². The van der Waals surface area contributed by atoms with Gasteiger partial charge in [-0.2, -0.15) is 0 Å². The fraction of sp³-hybridized carbons (Fsp3) is 0.250. The number of nitrogens with zero attached hydrogens (tertiary/aromatic N) is 1. The van der Waals surface area contributed by atoms with Crippen LogP contribution in [-0.2, 0) is 5.41 Å². The fourth-order valence-corrected chi connectivity index (χ4v) is 6.83. The Morgan fingerprint density at radius 1 is 0.706 bits per heavy atom. The third kappa shape index (κ3) is 2.75. The van der Waals surface area contributed by atoms with Gasteiger partial charge >= 0.3 is 0 Å². The highest BCUT2D eigenvalue weighted by Crippen LogP contribution is 2.46. The molecule has 2 heterocycles. The number of benzene rings is 4. The molecule has 0 fully saturated rings. The van der Waals surface area contributed by atoms with Gasteiger partial charge < -0.3 is 4.90 Å². The van der Waals surface area contributed by atoms with Gasteiger partial charge in [-0.05, 0) is 85.5 Å². The van der Waals surface area contributed by atoms with Gasteiger partial charge in [-0.3, -0.25) is 0 Å². The molecule has 0 saturated carbocycles. The van der Waals surface area contributed by atoms with E-state index in [0.717, 1.165) is 12.8 Å². The highest BCUT2D eigenvalue weighted by atomic mass is 15.1. The zero-order chi connectivity index (χ0) is 23.6. The molecule has 2 aliphatic heterocycles. The van der Waals surface area contributed by atoms with E-state index in [0.29, 0.717) is 0 Å². The van der Waals surface area contributed by atoms with Gasteiger partial charge in [0.25, 0.3) is 0 Å². The largest absolute Gasteiger partial charge is 0.312 e. The predicted octanol–water partition coefficient (Wildman–Crippen LogP) is 6.33. The Morgan fingerprint density at radius 2 is 1.38 bits per heavy atom. The van der Waals surface area contributed by atoms with Crippen molar-refractivity contribution in [3.8, 4) is 0 Å². The van der Waals surface area contributed by atoms with E-state index in [4.69, 9.17) is 0 Å². The Bertz CT molecular complexity index is 1410. The van der Waals surface area contributed by atoms with Crippen molar-refractivity contribution in [3.05, 3.63) is 107 Å². The summed E-state index contributed by atoms with van der Waals surface area (Å²) < 4.78 is 0. The van der Waals surface area contributed by atoms with Crippen molar-refractivity contribution in [3.63, 3.8) is 0 Å². The minimum Gasteiger partial charge on any atom is -0.312 e. The lowest BCUT2D eigenvalue weighted by molar-refractivity contribution is 0.479. The molecule has 0 atom stereocenters. The van der Waals surface area contributed by atoms with E-state index in [-0.39, 0.29) is 12.1 Å². The normalized spacial score (nSPS) is 15.0. The average molecular weight is 441 g/mol. The van der Waals surface area contributed by atoms with Crippen molar-refractivity contribution >= 4 is 40.2 Å². The minimum atomic E-state index is 0.0444. The zero-order valence-electron chi connectivity index (χ0n) is 20.9. The summed E-state index contributed by atoms with van der Waals surface area (Å²) in [6.07, 6.45) is 2.21. The molecule has 34 heavy (non-hydrogen) atoms. The van der Waals surface area contributed by atoms with Gasteiger partial charge in [0, 0.05) is 22.5 Å². The standard InChI is InChI=1S/C32H32BN/c1-6-32(7-2)25-10-8-9-11-26(25)33-27-20-22(4)14-18-28(27)34(24-16-12-21(3)13-17-24)29-19-15-23(5)30(32)31(29)33/h8-20H,6-7H2,1-5H3. The number of hydrogen-bond acceptors (Lipinski definition) is 1. The summed E-state index contributed by atoms with van der Waals surface area (Å²) >= 11 is 0. The van der Waals surface area contributed by atoms with E-state index in [9.17, 15) is 0 Å². The Balaban J connectivity index is 1.77. The third-order valence-corrected chi connectivity index (χ3v) is 8.46. The van der Waals surface area contributed by atoms with Crippen molar-refractivity contribution in [2.45, 2.75) is 52.9 Å². The lowest BCUT2D eigenvalue weighted by Crippen LogP contribution is -2.65. The molecule has 6 rings (SSSR count). The predicted molar refractivity (Wildman–Crippen MR) is 148 cm³/mol. The summed E-state index contributed by atoms with van der Waals surface area (Å²) in [4.78, 5) is 2.51. The lowest BCUT2D eigenvalue weighted by atomic mass is 9.29. The molecule has 0 aliphatic carbocycles. The molecule has 1 nitrogen and oxygen atoms in total. The second-order valence-electron chi connectivity index (χ2n) is 10.2. The Hall–Kier alpha value is -3.26. The van der Waals surface area contributed by atoms with Gasteiger partial charge in [-0.1, -0.05) is 85.0 Å². The summed E-state index contributed by atoms with van der Waals surface area (Å²) in [5, 5.41) is 0. The number of hydrogen-bond donors (Lipinski definition) is 0. The average Bonchev–Trinajstić information content (AvgIpc) is 2.86. The topological polar surface area (TPSA) is 3.24 Å². The van der Waals surface area contributed by atoms with Crippen molar-refractivity contribution in [2.24, 2.45) is 0 Å². The molecule has 2 heteroatoms. The van der Waals surface area contributed by atoms with Gasteiger partial charge in [-0.25, -0.2) is 0 Å². The molecule has 0 bridgehead atoms. The number of rotatable bonds is 3. The third-order valence-electron chi connectivity index (χ3n) is 8.46.